The average Bonchev–Trinajstić information content (AvgIpc) is 2.81. The minimum absolute atomic E-state index is 0.0175. The Hall–Kier alpha value is -2.34. The van der Waals surface area contributed by atoms with Crippen LogP contribution in [0.1, 0.15) is 5.69 Å². The minimum atomic E-state index is -3.86. The summed E-state index contributed by atoms with van der Waals surface area (Å²) in [6.07, 6.45) is 0. The van der Waals surface area contributed by atoms with Crippen molar-refractivity contribution in [1.29, 1.82) is 0 Å². The second-order valence-corrected chi connectivity index (χ2v) is 6.79. The Labute approximate surface area is 134 Å². The maximum atomic E-state index is 13.1. The third-order valence-electron chi connectivity index (χ3n) is 3.60. The van der Waals surface area contributed by atoms with Crippen LogP contribution in [0.4, 0.5) is 4.39 Å². The lowest BCUT2D eigenvalue weighted by molar-refractivity contribution is 0.362. The van der Waals surface area contributed by atoms with Crippen molar-refractivity contribution in [3.05, 3.63) is 67.0 Å². The molecule has 0 saturated carbocycles. The van der Waals surface area contributed by atoms with Crippen molar-refractivity contribution in [2.24, 2.45) is 0 Å². The van der Waals surface area contributed by atoms with E-state index in [2.05, 4.69) is 6.92 Å². The standard InChI is InChI=1S/C17H15FNO3S/c1-3-22-17-12(2)19(16-7-5-4-6-15(16)17)23(20,21)14-10-8-13(18)9-11-14/h4-11H,1,3H2,2H3. The molecule has 0 N–H and O–H groups in total. The molecule has 0 saturated heterocycles. The SMILES string of the molecule is [CH2]COc1c(C)n(S(=O)(=O)c2ccc(F)cc2)c2ccccc12. The maximum Gasteiger partial charge on any atom is 0.268 e. The molecule has 0 spiro atoms. The zero-order valence-corrected chi connectivity index (χ0v) is 13.3. The third-order valence-corrected chi connectivity index (χ3v) is 5.42. The molecule has 2 aromatic carbocycles. The molecule has 0 aliphatic rings. The van der Waals surface area contributed by atoms with E-state index in [0.29, 0.717) is 22.3 Å². The van der Waals surface area contributed by atoms with Crippen molar-refractivity contribution in [1.82, 2.24) is 3.97 Å². The molecule has 1 radical (unpaired) electrons. The molecule has 3 aromatic rings. The molecule has 1 aromatic heterocycles. The summed E-state index contributed by atoms with van der Waals surface area (Å²) in [5, 5.41) is 0.694. The molecule has 0 amide bonds. The number of aromatic nitrogens is 1. The first-order valence-electron chi connectivity index (χ1n) is 7.00. The van der Waals surface area contributed by atoms with Crippen LogP contribution in [0.15, 0.2) is 53.4 Å². The van der Waals surface area contributed by atoms with Crippen LogP contribution in [0.2, 0.25) is 0 Å². The van der Waals surface area contributed by atoms with E-state index in [1.807, 2.05) is 6.07 Å². The Morgan fingerprint density at radius 1 is 1.13 bits per heavy atom. The van der Waals surface area contributed by atoms with Gasteiger partial charge < -0.3 is 4.74 Å². The molecule has 1 heterocycles. The van der Waals surface area contributed by atoms with E-state index in [4.69, 9.17) is 4.74 Å². The highest BCUT2D eigenvalue weighted by atomic mass is 32.2. The second kappa shape index (κ2) is 5.70. The van der Waals surface area contributed by atoms with E-state index in [1.54, 1.807) is 25.1 Å². The molecule has 0 aliphatic heterocycles. The lowest BCUT2D eigenvalue weighted by Gasteiger charge is -2.10. The Morgan fingerprint density at radius 2 is 1.78 bits per heavy atom. The lowest BCUT2D eigenvalue weighted by atomic mass is 10.2. The van der Waals surface area contributed by atoms with E-state index in [-0.39, 0.29) is 11.5 Å². The number of nitrogens with zero attached hydrogens (tertiary/aromatic N) is 1. The van der Waals surface area contributed by atoms with Crippen LogP contribution in [0.25, 0.3) is 10.9 Å². The largest absolute Gasteiger partial charge is 0.491 e. The van der Waals surface area contributed by atoms with Gasteiger partial charge in [0.05, 0.1) is 22.7 Å². The van der Waals surface area contributed by atoms with Gasteiger partial charge in [-0.1, -0.05) is 12.1 Å². The van der Waals surface area contributed by atoms with Crippen LogP contribution in [0.3, 0.4) is 0 Å². The maximum absolute atomic E-state index is 13.1. The second-order valence-electron chi connectivity index (χ2n) is 5.00. The Kier molecular flexibility index (Phi) is 3.85. The van der Waals surface area contributed by atoms with Crippen LogP contribution >= 0.6 is 0 Å². The minimum Gasteiger partial charge on any atom is -0.491 e. The van der Waals surface area contributed by atoms with Gasteiger partial charge in [0.15, 0.2) is 0 Å². The highest BCUT2D eigenvalue weighted by Gasteiger charge is 2.25. The topological polar surface area (TPSA) is 48.3 Å². The van der Waals surface area contributed by atoms with Crippen molar-refractivity contribution in [2.45, 2.75) is 11.8 Å². The fraction of sp³-hybridized carbons (Fsp3) is 0.118. The Bertz CT molecular complexity index is 959. The van der Waals surface area contributed by atoms with E-state index in [9.17, 15) is 12.8 Å². The van der Waals surface area contributed by atoms with Crippen molar-refractivity contribution >= 4 is 20.9 Å². The number of hydrogen-bond acceptors (Lipinski definition) is 3. The van der Waals surface area contributed by atoms with Gasteiger partial charge in [-0.2, -0.15) is 0 Å². The molecule has 119 valence electrons. The molecule has 0 unspecified atom stereocenters. The van der Waals surface area contributed by atoms with Gasteiger partial charge in [-0.25, -0.2) is 16.8 Å². The van der Waals surface area contributed by atoms with Gasteiger partial charge in [-0.15, -0.1) is 0 Å². The van der Waals surface area contributed by atoms with Gasteiger partial charge in [0.2, 0.25) is 0 Å². The Morgan fingerprint density at radius 3 is 2.43 bits per heavy atom. The first-order chi connectivity index (χ1) is 11.0. The summed E-state index contributed by atoms with van der Waals surface area (Å²) in [7, 11) is -3.86. The fourth-order valence-corrected chi connectivity index (χ4v) is 4.17. The summed E-state index contributed by atoms with van der Waals surface area (Å²) < 4.78 is 45.8. The first-order valence-corrected chi connectivity index (χ1v) is 8.44. The third kappa shape index (κ3) is 2.49. The summed E-state index contributed by atoms with van der Waals surface area (Å²) in [4.78, 5) is 0.0175. The zero-order valence-electron chi connectivity index (χ0n) is 12.5. The van der Waals surface area contributed by atoms with Crippen LogP contribution in [0.5, 0.6) is 5.75 Å². The van der Waals surface area contributed by atoms with Crippen molar-refractivity contribution in [3.8, 4) is 5.75 Å². The predicted octanol–water partition coefficient (Wildman–Crippen LogP) is 3.54. The number of halogens is 1. The van der Waals surface area contributed by atoms with Crippen molar-refractivity contribution in [2.75, 3.05) is 6.61 Å². The monoisotopic (exact) mass is 332 g/mol. The number of ether oxygens (including phenoxy) is 1. The molecule has 0 aliphatic carbocycles. The molecule has 0 bridgehead atoms. The highest BCUT2D eigenvalue weighted by Crippen LogP contribution is 2.35. The van der Waals surface area contributed by atoms with Crippen LogP contribution in [-0.4, -0.2) is 19.0 Å². The first kappa shape index (κ1) is 15.6. The molecular formula is C17H15FNO3S. The molecule has 0 atom stereocenters. The van der Waals surface area contributed by atoms with Crippen LogP contribution in [-0.2, 0) is 10.0 Å². The molecule has 23 heavy (non-hydrogen) atoms. The van der Waals surface area contributed by atoms with Gasteiger partial charge in [0, 0.05) is 5.39 Å². The average molecular weight is 332 g/mol. The summed E-state index contributed by atoms with van der Waals surface area (Å²) in [6.45, 7) is 5.50. The van der Waals surface area contributed by atoms with E-state index in [1.165, 1.54) is 16.1 Å². The number of fused-ring (bicyclic) bond motifs is 1. The normalized spacial score (nSPS) is 11.8. The molecule has 4 nitrogen and oxygen atoms in total. The molecule has 6 heteroatoms. The number of para-hydroxylation sites is 1. The highest BCUT2D eigenvalue weighted by molar-refractivity contribution is 7.90. The summed E-state index contributed by atoms with van der Waals surface area (Å²) in [5.41, 5.74) is 0.969. The van der Waals surface area contributed by atoms with Crippen LogP contribution < -0.4 is 4.74 Å². The van der Waals surface area contributed by atoms with Crippen molar-refractivity contribution in [3.63, 3.8) is 0 Å². The number of hydrogen-bond donors (Lipinski definition) is 0. The summed E-state index contributed by atoms with van der Waals surface area (Å²) in [6, 6.07) is 11.8. The number of rotatable bonds is 4. The Balaban J connectivity index is 2.31. The molecule has 0 fully saturated rings. The van der Waals surface area contributed by atoms with Crippen molar-refractivity contribution < 1.29 is 17.5 Å². The number of benzene rings is 2. The van der Waals surface area contributed by atoms with E-state index in [0.717, 1.165) is 12.1 Å². The van der Waals surface area contributed by atoms with E-state index >= 15 is 0 Å². The van der Waals surface area contributed by atoms with E-state index < -0.39 is 15.8 Å². The van der Waals surface area contributed by atoms with Gasteiger partial charge in [0.1, 0.15) is 11.6 Å². The lowest BCUT2D eigenvalue weighted by Crippen LogP contribution is -2.14. The quantitative estimate of drug-likeness (QED) is 0.734. The summed E-state index contributed by atoms with van der Waals surface area (Å²) in [5.74, 6) is 0.000373. The zero-order chi connectivity index (χ0) is 16.6. The molecular weight excluding hydrogens is 317 g/mol. The fourth-order valence-electron chi connectivity index (χ4n) is 2.62. The molecule has 3 rings (SSSR count). The van der Waals surface area contributed by atoms with Gasteiger partial charge in [-0.05, 0) is 50.2 Å². The van der Waals surface area contributed by atoms with Gasteiger partial charge >= 0.3 is 0 Å². The smallest absolute Gasteiger partial charge is 0.268 e. The summed E-state index contributed by atoms with van der Waals surface area (Å²) >= 11 is 0. The predicted molar refractivity (Wildman–Crippen MR) is 86.5 cm³/mol. The van der Waals surface area contributed by atoms with Crippen LogP contribution in [0, 0.1) is 19.7 Å². The van der Waals surface area contributed by atoms with Gasteiger partial charge in [-0.3, -0.25) is 0 Å². The van der Waals surface area contributed by atoms with Gasteiger partial charge in [0.25, 0.3) is 10.0 Å².